The van der Waals surface area contributed by atoms with Crippen LogP contribution in [0.15, 0.2) is 58.6 Å². The van der Waals surface area contributed by atoms with E-state index in [2.05, 4.69) is 9.97 Å². The van der Waals surface area contributed by atoms with Crippen LogP contribution in [-0.4, -0.2) is 27.0 Å². The molecule has 2 aliphatic heterocycles. The van der Waals surface area contributed by atoms with Crippen molar-refractivity contribution in [3.8, 4) is 0 Å². The molecule has 140 valence electrons. The minimum Gasteiger partial charge on any atom is -0.307 e. The lowest BCUT2D eigenvalue weighted by Gasteiger charge is -2.29. The molecule has 1 fully saturated rings. The second kappa shape index (κ2) is 6.39. The Morgan fingerprint density at radius 1 is 1.07 bits per heavy atom. The maximum atomic E-state index is 13.3. The Balaban J connectivity index is 1.65. The van der Waals surface area contributed by atoms with Gasteiger partial charge in [-0.3, -0.25) is 19.4 Å². The summed E-state index contributed by atoms with van der Waals surface area (Å²) < 4.78 is 13.3. The molecule has 9 heteroatoms. The van der Waals surface area contributed by atoms with E-state index in [4.69, 9.17) is 0 Å². The number of thiazole rings is 1. The first-order valence-corrected chi connectivity index (χ1v) is 10.2. The molecule has 1 aromatic carbocycles. The summed E-state index contributed by atoms with van der Waals surface area (Å²) in [7, 11) is 0. The highest BCUT2D eigenvalue weighted by Gasteiger charge is 2.56. The number of hydrogen-bond acceptors (Lipinski definition) is 6. The number of anilines is 1. The van der Waals surface area contributed by atoms with Gasteiger partial charge in [-0.05, 0) is 35.9 Å². The Morgan fingerprint density at radius 3 is 2.57 bits per heavy atom. The van der Waals surface area contributed by atoms with Gasteiger partial charge in [-0.25, -0.2) is 9.29 Å². The predicted octanol–water partition coefficient (Wildman–Crippen LogP) is 2.77. The number of nitrogens with zero attached hydrogens (tertiary/aromatic N) is 2. The number of halogens is 1. The van der Waals surface area contributed by atoms with E-state index in [0.717, 1.165) is 26.7 Å². The average Bonchev–Trinajstić information content (AvgIpc) is 3.18. The van der Waals surface area contributed by atoms with Crippen LogP contribution in [0.2, 0.25) is 0 Å². The predicted molar refractivity (Wildman–Crippen MR) is 103 cm³/mol. The van der Waals surface area contributed by atoms with Gasteiger partial charge in [-0.1, -0.05) is 29.2 Å². The van der Waals surface area contributed by atoms with Gasteiger partial charge in [-0.15, -0.1) is 0 Å². The molecule has 6 nitrogen and oxygen atoms in total. The number of rotatable bonds is 2. The molecule has 0 aliphatic carbocycles. The number of H-pyrrole nitrogens is 1. The van der Waals surface area contributed by atoms with Crippen LogP contribution in [0.3, 0.4) is 0 Å². The van der Waals surface area contributed by atoms with Crippen LogP contribution in [0.25, 0.3) is 0 Å². The average molecular weight is 413 g/mol. The van der Waals surface area contributed by atoms with Crippen molar-refractivity contribution in [3.05, 3.63) is 74.7 Å². The van der Waals surface area contributed by atoms with Crippen molar-refractivity contribution in [2.45, 2.75) is 16.2 Å². The molecular weight excluding hydrogens is 401 g/mol. The Kier molecular flexibility index (Phi) is 3.95. The van der Waals surface area contributed by atoms with Crippen LogP contribution in [0, 0.1) is 11.7 Å². The lowest BCUT2D eigenvalue weighted by Crippen LogP contribution is -2.32. The maximum Gasteiger partial charge on any atom is 0.305 e. The summed E-state index contributed by atoms with van der Waals surface area (Å²) in [5.74, 6) is -2.26. The van der Waals surface area contributed by atoms with Crippen LogP contribution < -0.4 is 9.77 Å². The zero-order valence-electron chi connectivity index (χ0n) is 14.2. The van der Waals surface area contributed by atoms with Crippen LogP contribution >= 0.6 is 23.1 Å². The molecule has 1 N–H and O–H groups in total. The van der Waals surface area contributed by atoms with Crippen LogP contribution in [0.4, 0.5) is 10.1 Å². The Bertz CT molecular complexity index is 1140. The van der Waals surface area contributed by atoms with Gasteiger partial charge in [-0.2, -0.15) is 0 Å². The van der Waals surface area contributed by atoms with Crippen molar-refractivity contribution in [2.75, 3.05) is 4.90 Å². The summed E-state index contributed by atoms with van der Waals surface area (Å²) in [5.41, 5.74) is 1.12. The Hall–Kier alpha value is -2.78. The number of imide groups is 1. The molecule has 0 spiro atoms. The topological polar surface area (TPSA) is 83.1 Å². The molecule has 2 amide bonds. The number of amides is 2. The van der Waals surface area contributed by atoms with E-state index in [-0.39, 0.29) is 16.7 Å². The lowest BCUT2D eigenvalue weighted by atomic mass is 9.84. The van der Waals surface area contributed by atoms with Crippen molar-refractivity contribution in [1.29, 1.82) is 0 Å². The van der Waals surface area contributed by atoms with E-state index in [9.17, 15) is 18.8 Å². The molecule has 28 heavy (non-hydrogen) atoms. The van der Waals surface area contributed by atoms with Crippen molar-refractivity contribution in [3.63, 3.8) is 0 Å². The van der Waals surface area contributed by atoms with Crippen LogP contribution in [-0.2, 0) is 9.59 Å². The first-order chi connectivity index (χ1) is 13.5. The molecule has 0 saturated carbocycles. The zero-order valence-corrected chi connectivity index (χ0v) is 15.8. The normalized spacial score (nSPS) is 23.6. The lowest BCUT2D eigenvalue weighted by molar-refractivity contribution is -0.122. The standard InChI is InChI=1S/C19H12FN3O3S2/c20-10-3-5-11(6-4-10)23-17(24)13-12(9-2-1-7-21-8-9)14-16(22-19(26)28-14)27-15(13)18(23)25/h1-8,12-13,15H,(H,22,26). The van der Waals surface area contributed by atoms with Gasteiger partial charge in [0.25, 0.3) is 0 Å². The highest BCUT2D eigenvalue weighted by molar-refractivity contribution is 8.00. The molecule has 0 radical (unpaired) electrons. The molecule has 4 heterocycles. The van der Waals surface area contributed by atoms with Gasteiger partial charge >= 0.3 is 4.87 Å². The van der Waals surface area contributed by atoms with E-state index in [1.807, 2.05) is 6.07 Å². The number of benzene rings is 1. The van der Waals surface area contributed by atoms with Gasteiger partial charge in [0, 0.05) is 23.2 Å². The fourth-order valence-electron chi connectivity index (χ4n) is 3.78. The summed E-state index contributed by atoms with van der Waals surface area (Å²) in [4.78, 5) is 47.0. The SMILES string of the molecule is O=C1C2Sc3[nH]c(=O)sc3C(c3cccnc3)C2C(=O)N1c1ccc(F)cc1. The molecule has 3 atom stereocenters. The van der Waals surface area contributed by atoms with Crippen LogP contribution in [0.1, 0.15) is 16.4 Å². The minimum atomic E-state index is -0.666. The minimum absolute atomic E-state index is 0.221. The highest BCUT2D eigenvalue weighted by Crippen LogP contribution is 2.52. The molecule has 5 rings (SSSR count). The number of hydrogen-bond donors (Lipinski definition) is 1. The smallest absolute Gasteiger partial charge is 0.305 e. The summed E-state index contributed by atoms with van der Waals surface area (Å²) in [6, 6.07) is 8.89. The van der Waals surface area contributed by atoms with E-state index >= 15 is 0 Å². The maximum absolute atomic E-state index is 13.3. The monoisotopic (exact) mass is 413 g/mol. The summed E-state index contributed by atoms with van der Waals surface area (Å²) in [5, 5.41) is -0.0484. The molecule has 2 aromatic heterocycles. The summed E-state index contributed by atoms with van der Waals surface area (Å²) in [6.07, 6.45) is 3.29. The molecule has 0 bridgehead atoms. The quantitative estimate of drug-likeness (QED) is 0.654. The van der Waals surface area contributed by atoms with Crippen molar-refractivity contribution >= 4 is 40.6 Å². The van der Waals surface area contributed by atoms with Gasteiger partial charge < -0.3 is 4.98 Å². The highest BCUT2D eigenvalue weighted by atomic mass is 32.2. The number of aromatic nitrogens is 2. The Labute approximate surface area is 166 Å². The van der Waals surface area contributed by atoms with Crippen molar-refractivity contribution in [2.24, 2.45) is 5.92 Å². The second-order valence-corrected chi connectivity index (χ2v) is 8.69. The largest absolute Gasteiger partial charge is 0.307 e. The Morgan fingerprint density at radius 2 is 1.86 bits per heavy atom. The summed E-state index contributed by atoms with van der Waals surface area (Å²) >= 11 is 2.26. The number of fused-ring (bicyclic) bond motifs is 2. The first-order valence-electron chi connectivity index (χ1n) is 8.47. The van der Waals surface area contributed by atoms with Gasteiger partial charge in [0.05, 0.1) is 16.6 Å². The second-order valence-electron chi connectivity index (χ2n) is 6.52. The van der Waals surface area contributed by atoms with E-state index < -0.39 is 22.9 Å². The molecule has 3 aromatic rings. The molecule has 1 saturated heterocycles. The fraction of sp³-hybridized carbons (Fsp3) is 0.158. The zero-order chi connectivity index (χ0) is 19.4. The van der Waals surface area contributed by atoms with E-state index in [1.165, 1.54) is 36.0 Å². The first kappa shape index (κ1) is 17.3. The third-order valence-electron chi connectivity index (χ3n) is 4.95. The number of carbonyl (C=O) groups excluding carboxylic acids is 2. The van der Waals surface area contributed by atoms with E-state index in [0.29, 0.717) is 10.7 Å². The molecule has 3 unspecified atom stereocenters. The van der Waals surface area contributed by atoms with E-state index in [1.54, 1.807) is 18.5 Å². The van der Waals surface area contributed by atoms with Gasteiger partial charge in [0.15, 0.2) is 0 Å². The van der Waals surface area contributed by atoms with Crippen molar-refractivity contribution in [1.82, 2.24) is 9.97 Å². The van der Waals surface area contributed by atoms with Gasteiger partial charge in [0.1, 0.15) is 11.1 Å². The fourth-order valence-corrected chi connectivity index (χ4v) is 6.30. The number of pyridine rings is 1. The third kappa shape index (κ3) is 2.54. The molecule has 2 aliphatic rings. The van der Waals surface area contributed by atoms with Crippen LogP contribution in [0.5, 0.6) is 0 Å². The molecular formula is C19H12FN3O3S2. The summed E-state index contributed by atoms with van der Waals surface area (Å²) in [6.45, 7) is 0. The van der Waals surface area contributed by atoms with Gasteiger partial charge in [0.2, 0.25) is 11.8 Å². The number of carbonyl (C=O) groups is 2. The third-order valence-corrected chi connectivity index (χ3v) is 7.35. The van der Waals surface area contributed by atoms with Crippen molar-refractivity contribution < 1.29 is 14.0 Å². The number of nitrogens with one attached hydrogen (secondary N) is 1. The number of aromatic amines is 1. The number of thioether (sulfide) groups is 1.